The van der Waals surface area contributed by atoms with Gasteiger partial charge in [0.2, 0.25) is 0 Å². The second kappa shape index (κ2) is 7.32. The number of ether oxygens (including phenoxy) is 1. The van der Waals surface area contributed by atoms with Crippen molar-refractivity contribution in [2.24, 2.45) is 0 Å². The Balaban J connectivity index is 1.40. The van der Waals surface area contributed by atoms with Crippen molar-refractivity contribution in [2.45, 2.75) is 50.4 Å². The van der Waals surface area contributed by atoms with E-state index in [-0.39, 0.29) is 0 Å². The minimum Gasteiger partial charge on any atom is -0.379 e. The van der Waals surface area contributed by atoms with Gasteiger partial charge in [-0.1, -0.05) is 12.1 Å². The van der Waals surface area contributed by atoms with Crippen LogP contribution in [0.1, 0.15) is 41.8 Å². The highest BCUT2D eigenvalue weighted by atomic mass is 19.4. The predicted octanol–water partition coefficient (Wildman–Crippen LogP) is 5.21. The van der Waals surface area contributed by atoms with Crippen LogP contribution < -0.4 is 10.2 Å². The molecular formula is C25H25F3N4O. The van der Waals surface area contributed by atoms with E-state index < -0.39 is 17.3 Å². The highest BCUT2D eigenvalue weighted by molar-refractivity contribution is 5.94. The summed E-state index contributed by atoms with van der Waals surface area (Å²) in [5, 5.41) is 4.43. The van der Waals surface area contributed by atoms with Crippen molar-refractivity contribution in [1.82, 2.24) is 9.97 Å². The van der Waals surface area contributed by atoms with Crippen molar-refractivity contribution < 1.29 is 17.9 Å². The van der Waals surface area contributed by atoms with Crippen LogP contribution in [0.25, 0.3) is 10.9 Å². The van der Waals surface area contributed by atoms with Gasteiger partial charge in [0, 0.05) is 24.2 Å². The zero-order chi connectivity index (χ0) is 22.8. The van der Waals surface area contributed by atoms with Crippen LogP contribution in [0.2, 0.25) is 0 Å². The molecule has 1 saturated carbocycles. The largest absolute Gasteiger partial charge is 0.416 e. The minimum atomic E-state index is -4.36. The van der Waals surface area contributed by atoms with E-state index >= 15 is 0 Å². The topological polar surface area (TPSA) is 50.3 Å². The molecule has 2 aromatic carbocycles. The fraction of sp³-hybridized carbons (Fsp3) is 0.440. The smallest absolute Gasteiger partial charge is 0.379 e. The lowest BCUT2D eigenvalue weighted by Crippen LogP contribution is -2.34. The Hall–Kier alpha value is -2.87. The monoisotopic (exact) mass is 454 g/mol. The summed E-state index contributed by atoms with van der Waals surface area (Å²) in [5.74, 6) is 1.33. The molecule has 1 saturated heterocycles. The maximum atomic E-state index is 13.3. The number of halogens is 3. The van der Waals surface area contributed by atoms with Gasteiger partial charge in [-0.3, -0.25) is 0 Å². The number of anilines is 2. The molecule has 1 unspecified atom stereocenters. The number of benzene rings is 2. The molecule has 33 heavy (non-hydrogen) atoms. The van der Waals surface area contributed by atoms with E-state index in [1.54, 1.807) is 6.07 Å². The highest BCUT2D eigenvalue weighted by Gasteiger charge is 2.46. The first-order valence-electron chi connectivity index (χ1n) is 11.4. The van der Waals surface area contributed by atoms with Gasteiger partial charge >= 0.3 is 6.18 Å². The van der Waals surface area contributed by atoms with E-state index in [1.807, 2.05) is 6.92 Å². The lowest BCUT2D eigenvalue weighted by atomic mass is 10.0. The number of rotatable bonds is 4. The maximum absolute atomic E-state index is 13.3. The molecule has 8 heteroatoms. The Morgan fingerprint density at radius 1 is 1.15 bits per heavy atom. The van der Waals surface area contributed by atoms with Crippen molar-refractivity contribution in [3.63, 3.8) is 0 Å². The van der Waals surface area contributed by atoms with Crippen molar-refractivity contribution in [2.75, 3.05) is 30.0 Å². The Kier molecular flexibility index (Phi) is 4.59. The first kappa shape index (κ1) is 20.7. The van der Waals surface area contributed by atoms with Gasteiger partial charge < -0.3 is 15.0 Å². The molecule has 2 aliphatic heterocycles. The third-order valence-corrected chi connectivity index (χ3v) is 7.14. The first-order valence-corrected chi connectivity index (χ1v) is 11.4. The molecule has 5 nitrogen and oxygen atoms in total. The van der Waals surface area contributed by atoms with Gasteiger partial charge in [0.05, 0.1) is 29.3 Å². The molecule has 1 aliphatic carbocycles. The van der Waals surface area contributed by atoms with Crippen LogP contribution in [0.3, 0.4) is 0 Å². The number of hydrogen-bond acceptors (Lipinski definition) is 5. The molecule has 3 heterocycles. The van der Waals surface area contributed by atoms with Crippen LogP contribution in [-0.2, 0) is 22.9 Å². The van der Waals surface area contributed by atoms with E-state index in [2.05, 4.69) is 32.3 Å². The number of aromatic nitrogens is 2. The summed E-state index contributed by atoms with van der Waals surface area (Å²) < 4.78 is 45.5. The molecule has 2 fully saturated rings. The van der Waals surface area contributed by atoms with Crippen LogP contribution in [-0.4, -0.2) is 35.8 Å². The number of alkyl halides is 3. The summed E-state index contributed by atoms with van der Waals surface area (Å²) >= 11 is 0. The molecule has 1 N–H and O–H groups in total. The maximum Gasteiger partial charge on any atom is 0.416 e. The number of fused-ring (bicyclic) bond motifs is 2. The van der Waals surface area contributed by atoms with Crippen molar-refractivity contribution in [1.29, 1.82) is 0 Å². The minimum absolute atomic E-state index is 0.381. The zero-order valence-electron chi connectivity index (χ0n) is 18.4. The first-order chi connectivity index (χ1) is 15.8. The lowest BCUT2D eigenvalue weighted by Gasteiger charge is -2.26. The molecule has 172 valence electrons. The van der Waals surface area contributed by atoms with E-state index in [0.717, 1.165) is 62.4 Å². The Morgan fingerprint density at radius 3 is 2.73 bits per heavy atom. The van der Waals surface area contributed by atoms with Gasteiger partial charge in [-0.25, -0.2) is 9.97 Å². The number of nitrogens with one attached hydrogen (secondary N) is 1. The fourth-order valence-electron chi connectivity index (χ4n) is 5.23. The van der Waals surface area contributed by atoms with Gasteiger partial charge in [-0.15, -0.1) is 0 Å². The van der Waals surface area contributed by atoms with Gasteiger partial charge in [0.1, 0.15) is 11.6 Å². The SMILES string of the molecule is Cc1nc(NC2(c3cccc(C(F)(F)F)c3)CC2)c2cc3c(cc2n1)CCN3C1CCOC1. The molecule has 1 aromatic heterocycles. The molecule has 6 rings (SSSR count). The van der Waals surface area contributed by atoms with Crippen LogP contribution in [0.5, 0.6) is 0 Å². The third-order valence-electron chi connectivity index (χ3n) is 7.14. The van der Waals surface area contributed by atoms with E-state index in [0.29, 0.717) is 23.2 Å². The van der Waals surface area contributed by atoms with Crippen molar-refractivity contribution in [3.05, 3.63) is 58.9 Å². The van der Waals surface area contributed by atoms with E-state index in [4.69, 9.17) is 4.74 Å². The summed E-state index contributed by atoms with van der Waals surface area (Å²) in [6.45, 7) is 4.34. The Bertz CT molecular complexity index is 1230. The number of hydrogen-bond donors (Lipinski definition) is 1. The van der Waals surface area contributed by atoms with Gasteiger partial charge in [0.15, 0.2) is 0 Å². The van der Waals surface area contributed by atoms with Crippen LogP contribution >= 0.6 is 0 Å². The highest BCUT2D eigenvalue weighted by Crippen LogP contribution is 2.50. The number of aryl methyl sites for hydroxylation is 1. The summed E-state index contributed by atoms with van der Waals surface area (Å²) in [6, 6.07) is 10.3. The van der Waals surface area contributed by atoms with Gasteiger partial charge in [-0.2, -0.15) is 13.2 Å². The van der Waals surface area contributed by atoms with E-state index in [1.165, 1.54) is 23.4 Å². The summed E-state index contributed by atoms with van der Waals surface area (Å²) in [4.78, 5) is 11.8. The second-order valence-corrected chi connectivity index (χ2v) is 9.36. The third kappa shape index (κ3) is 3.60. The molecule has 3 aromatic rings. The van der Waals surface area contributed by atoms with E-state index in [9.17, 15) is 13.2 Å². The quantitative estimate of drug-likeness (QED) is 0.587. The lowest BCUT2D eigenvalue weighted by molar-refractivity contribution is -0.137. The molecular weight excluding hydrogens is 429 g/mol. The molecule has 0 spiro atoms. The molecule has 3 aliphatic rings. The standard InChI is InChI=1S/C25H25F3N4O/c1-15-29-21-11-16-5-9-32(19-6-10-33-14-19)22(16)13-20(21)23(30-15)31-24(7-8-24)17-3-2-4-18(12-17)25(26,27)28/h2-4,11-13,19H,5-10,14H2,1H3,(H,29,30,31). The van der Waals surface area contributed by atoms with Gasteiger partial charge in [-0.05, 0) is 68.0 Å². The van der Waals surface area contributed by atoms with Crippen LogP contribution in [0.4, 0.5) is 24.7 Å². The van der Waals surface area contributed by atoms with Crippen LogP contribution in [0, 0.1) is 6.92 Å². The molecule has 1 atom stereocenters. The Labute approximate surface area is 190 Å². The summed E-state index contributed by atoms with van der Waals surface area (Å²) in [7, 11) is 0. The summed E-state index contributed by atoms with van der Waals surface area (Å²) in [6.07, 6.45) is -0.851. The van der Waals surface area contributed by atoms with Gasteiger partial charge in [0.25, 0.3) is 0 Å². The number of nitrogens with zero attached hydrogens (tertiary/aromatic N) is 3. The molecule has 0 radical (unpaired) electrons. The zero-order valence-corrected chi connectivity index (χ0v) is 18.4. The molecule has 0 amide bonds. The Morgan fingerprint density at radius 2 is 2.00 bits per heavy atom. The predicted molar refractivity (Wildman–Crippen MR) is 121 cm³/mol. The van der Waals surface area contributed by atoms with Crippen molar-refractivity contribution in [3.8, 4) is 0 Å². The second-order valence-electron chi connectivity index (χ2n) is 9.36. The van der Waals surface area contributed by atoms with Crippen LogP contribution in [0.15, 0.2) is 36.4 Å². The fourth-order valence-corrected chi connectivity index (χ4v) is 5.23. The normalized spacial score (nSPS) is 21.5. The molecule has 0 bridgehead atoms. The average molecular weight is 454 g/mol. The summed E-state index contributed by atoms with van der Waals surface area (Å²) in [5.41, 5.74) is 2.83. The van der Waals surface area contributed by atoms with Crippen molar-refractivity contribution >= 4 is 22.4 Å². The average Bonchev–Trinajstić information content (AvgIpc) is 3.17.